The standard InChI is InChI=1S/C13H19ClN2S/c14-11-1-2-13(12(15)9-11)17-8-5-10-3-6-16-7-4-10/h1-2,9-10,16H,3-8,15H2. The van der Waals surface area contributed by atoms with Crippen LogP contribution < -0.4 is 11.1 Å². The van der Waals surface area contributed by atoms with Gasteiger partial charge in [0.05, 0.1) is 0 Å². The number of nitrogens with one attached hydrogen (secondary N) is 1. The minimum Gasteiger partial charge on any atom is -0.398 e. The van der Waals surface area contributed by atoms with Crippen LogP contribution in [0, 0.1) is 5.92 Å². The number of nitrogen functional groups attached to an aromatic ring is 1. The molecule has 1 saturated heterocycles. The summed E-state index contributed by atoms with van der Waals surface area (Å²) in [5.41, 5.74) is 6.72. The number of hydrogen-bond acceptors (Lipinski definition) is 3. The van der Waals surface area contributed by atoms with Crippen LogP contribution in [0.25, 0.3) is 0 Å². The van der Waals surface area contributed by atoms with Gasteiger partial charge in [-0.25, -0.2) is 0 Å². The molecule has 1 aliphatic heterocycles. The van der Waals surface area contributed by atoms with Crippen molar-refractivity contribution in [2.75, 3.05) is 24.6 Å². The Bertz CT molecular complexity index is 364. The van der Waals surface area contributed by atoms with Crippen LogP contribution in [0.5, 0.6) is 0 Å². The second-order valence-electron chi connectivity index (χ2n) is 4.51. The average molecular weight is 271 g/mol. The number of nitrogens with two attached hydrogens (primary N) is 1. The molecule has 1 aromatic carbocycles. The van der Waals surface area contributed by atoms with Crippen molar-refractivity contribution in [3.8, 4) is 0 Å². The molecule has 0 radical (unpaired) electrons. The maximum atomic E-state index is 5.93. The first-order valence-electron chi connectivity index (χ1n) is 6.14. The van der Waals surface area contributed by atoms with Gasteiger partial charge in [-0.1, -0.05) is 11.6 Å². The minimum atomic E-state index is 0.713. The van der Waals surface area contributed by atoms with E-state index in [0.29, 0.717) is 5.02 Å². The molecule has 94 valence electrons. The van der Waals surface area contributed by atoms with E-state index in [1.54, 1.807) is 0 Å². The van der Waals surface area contributed by atoms with Gasteiger partial charge >= 0.3 is 0 Å². The summed E-state index contributed by atoms with van der Waals surface area (Å²) in [6, 6.07) is 5.75. The lowest BCUT2D eigenvalue weighted by molar-refractivity contribution is 0.367. The molecule has 0 bridgehead atoms. The Balaban J connectivity index is 1.77. The molecule has 0 atom stereocenters. The summed E-state index contributed by atoms with van der Waals surface area (Å²) in [6.07, 6.45) is 3.92. The van der Waals surface area contributed by atoms with Crippen LogP contribution in [0.4, 0.5) is 5.69 Å². The third-order valence-electron chi connectivity index (χ3n) is 3.21. The molecule has 1 aliphatic rings. The third-order valence-corrected chi connectivity index (χ3v) is 4.57. The molecule has 0 saturated carbocycles. The second kappa shape index (κ2) is 6.53. The van der Waals surface area contributed by atoms with Gasteiger partial charge in [0.15, 0.2) is 0 Å². The molecule has 0 aliphatic carbocycles. The zero-order chi connectivity index (χ0) is 12.1. The Morgan fingerprint density at radius 3 is 2.82 bits per heavy atom. The second-order valence-corrected chi connectivity index (χ2v) is 6.09. The van der Waals surface area contributed by atoms with E-state index in [1.807, 2.05) is 30.0 Å². The highest BCUT2D eigenvalue weighted by molar-refractivity contribution is 7.99. The number of halogens is 1. The van der Waals surface area contributed by atoms with Gasteiger partial charge in [-0.2, -0.15) is 0 Å². The molecule has 2 rings (SSSR count). The fourth-order valence-corrected chi connectivity index (χ4v) is 3.40. The van der Waals surface area contributed by atoms with Crippen LogP contribution in [0.1, 0.15) is 19.3 Å². The van der Waals surface area contributed by atoms with Crippen molar-refractivity contribution in [3.63, 3.8) is 0 Å². The molecule has 17 heavy (non-hydrogen) atoms. The molecule has 2 nitrogen and oxygen atoms in total. The van der Waals surface area contributed by atoms with E-state index < -0.39 is 0 Å². The molecule has 0 unspecified atom stereocenters. The molecule has 0 aromatic heterocycles. The van der Waals surface area contributed by atoms with Gasteiger partial charge in [0.2, 0.25) is 0 Å². The van der Waals surface area contributed by atoms with E-state index in [9.17, 15) is 0 Å². The van der Waals surface area contributed by atoms with Crippen molar-refractivity contribution in [2.24, 2.45) is 5.92 Å². The van der Waals surface area contributed by atoms with E-state index in [4.69, 9.17) is 17.3 Å². The molecular weight excluding hydrogens is 252 g/mol. The Morgan fingerprint density at radius 1 is 1.35 bits per heavy atom. The Kier molecular flexibility index (Phi) is 5.01. The first-order valence-corrected chi connectivity index (χ1v) is 7.50. The van der Waals surface area contributed by atoms with Crippen molar-refractivity contribution in [1.82, 2.24) is 5.32 Å². The van der Waals surface area contributed by atoms with Crippen LogP contribution in [-0.2, 0) is 0 Å². The van der Waals surface area contributed by atoms with Gasteiger partial charge in [-0.3, -0.25) is 0 Å². The molecule has 1 heterocycles. The highest BCUT2D eigenvalue weighted by Gasteiger charge is 2.12. The fraction of sp³-hybridized carbons (Fsp3) is 0.538. The van der Waals surface area contributed by atoms with Gasteiger partial charge < -0.3 is 11.1 Å². The molecule has 0 spiro atoms. The largest absolute Gasteiger partial charge is 0.398 e. The van der Waals surface area contributed by atoms with Gasteiger partial charge in [0.1, 0.15) is 0 Å². The Labute approximate surface area is 112 Å². The first-order chi connectivity index (χ1) is 8.25. The first kappa shape index (κ1) is 13.1. The third kappa shape index (κ3) is 4.09. The molecule has 1 fully saturated rings. The number of hydrogen-bond donors (Lipinski definition) is 2. The van der Waals surface area contributed by atoms with Crippen LogP contribution >= 0.6 is 23.4 Å². The van der Waals surface area contributed by atoms with Gasteiger partial charge in [-0.05, 0) is 62.2 Å². The van der Waals surface area contributed by atoms with Crippen molar-refractivity contribution in [2.45, 2.75) is 24.2 Å². The predicted molar refractivity (Wildman–Crippen MR) is 76.8 cm³/mol. The summed E-state index contributed by atoms with van der Waals surface area (Å²) in [5.74, 6) is 2.04. The van der Waals surface area contributed by atoms with Gasteiger partial charge in [0, 0.05) is 15.6 Å². The van der Waals surface area contributed by atoms with Crippen molar-refractivity contribution in [3.05, 3.63) is 23.2 Å². The molecule has 0 amide bonds. The lowest BCUT2D eigenvalue weighted by atomic mass is 9.96. The average Bonchev–Trinajstić information content (AvgIpc) is 2.33. The lowest BCUT2D eigenvalue weighted by Crippen LogP contribution is -2.27. The van der Waals surface area contributed by atoms with Crippen molar-refractivity contribution in [1.29, 1.82) is 0 Å². The smallest absolute Gasteiger partial charge is 0.0467 e. The topological polar surface area (TPSA) is 38.0 Å². The number of benzene rings is 1. The maximum absolute atomic E-state index is 5.93. The SMILES string of the molecule is Nc1cc(Cl)ccc1SCCC1CCNCC1. The number of piperidine rings is 1. The van der Waals surface area contributed by atoms with Crippen molar-refractivity contribution >= 4 is 29.1 Å². The summed E-state index contributed by atoms with van der Waals surface area (Å²) in [5, 5.41) is 4.11. The summed E-state index contributed by atoms with van der Waals surface area (Å²) in [6.45, 7) is 2.36. The zero-order valence-corrected chi connectivity index (χ0v) is 11.5. The van der Waals surface area contributed by atoms with Gasteiger partial charge in [-0.15, -0.1) is 11.8 Å². The van der Waals surface area contributed by atoms with E-state index in [-0.39, 0.29) is 0 Å². The van der Waals surface area contributed by atoms with E-state index in [1.165, 1.54) is 32.4 Å². The Morgan fingerprint density at radius 2 is 2.12 bits per heavy atom. The molecule has 3 N–H and O–H groups in total. The molecule has 4 heteroatoms. The summed E-state index contributed by atoms with van der Waals surface area (Å²) in [7, 11) is 0. The summed E-state index contributed by atoms with van der Waals surface area (Å²) >= 11 is 7.72. The van der Waals surface area contributed by atoms with Crippen LogP contribution in [0.3, 0.4) is 0 Å². The normalized spacial score (nSPS) is 17.2. The summed E-state index contributed by atoms with van der Waals surface area (Å²) in [4.78, 5) is 1.16. The highest BCUT2D eigenvalue weighted by Crippen LogP contribution is 2.29. The summed E-state index contributed by atoms with van der Waals surface area (Å²) < 4.78 is 0. The minimum absolute atomic E-state index is 0.713. The highest BCUT2D eigenvalue weighted by atomic mass is 35.5. The monoisotopic (exact) mass is 270 g/mol. The Hall–Kier alpha value is -0.380. The predicted octanol–water partition coefficient (Wildman–Crippen LogP) is 3.40. The van der Waals surface area contributed by atoms with Crippen LogP contribution in [0.15, 0.2) is 23.1 Å². The van der Waals surface area contributed by atoms with E-state index in [2.05, 4.69) is 5.32 Å². The van der Waals surface area contributed by atoms with Crippen molar-refractivity contribution < 1.29 is 0 Å². The number of thioether (sulfide) groups is 1. The van der Waals surface area contributed by atoms with E-state index >= 15 is 0 Å². The number of anilines is 1. The molecule has 1 aromatic rings. The lowest BCUT2D eigenvalue weighted by Gasteiger charge is -2.22. The zero-order valence-electron chi connectivity index (χ0n) is 9.92. The van der Waals surface area contributed by atoms with Gasteiger partial charge in [0.25, 0.3) is 0 Å². The fourth-order valence-electron chi connectivity index (χ4n) is 2.16. The van der Waals surface area contributed by atoms with E-state index in [0.717, 1.165) is 22.3 Å². The van der Waals surface area contributed by atoms with Crippen LogP contribution in [-0.4, -0.2) is 18.8 Å². The quantitative estimate of drug-likeness (QED) is 0.651. The number of rotatable bonds is 4. The maximum Gasteiger partial charge on any atom is 0.0467 e. The van der Waals surface area contributed by atoms with Crippen LogP contribution in [0.2, 0.25) is 5.02 Å². The molecular formula is C13H19ClN2S.